The molecule has 0 saturated heterocycles. The minimum absolute atomic E-state index is 0.363. The summed E-state index contributed by atoms with van der Waals surface area (Å²) < 4.78 is 0. The molecule has 0 aliphatic carbocycles. The molecule has 4 heteroatoms. The third kappa shape index (κ3) is 4.99. The maximum absolute atomic E-state index is 11.0. The second-order valence-corrected chi connectivity index (χ2v) is 6.14. The minimum Gasteiger partial charge on any atom is -0.478 e. The zero-order valence-corrected chi connectivity index (χ0v) is 13.1. The van der Waals surface area contributed by atoms with E-state index in [9.17, 15) is 4.79 Å². The lowest BCUT2D eigenvalue weighted by Gasteiger charge is -2.21. The molecule has 0 aliphatic rings. The number of benzene rings is 1. The van der Waals surface area contributed by atoms with Crippen LogP contribution >= 0.6 is 11.3 Å². The zero-order chi connectivity index (χ0) is 15.1. The number of thiophene rings is 1. The van der Waals surface area contributed by atoms with Crippen molar-refractivity contribution < 1.29 is 9.90 Å². The number of rotatable bonds is 8. The predicted octanol–water partition coefficient (Wildman–Crippen LogP) is 3.90. The molecule has 1 N–H and O–H groups in total. The lowest BCUT2D eigenvalue weighted by atomic mass is 10.1. The Kier molecular flexibility index (Phi) is 5.96. The van der Waals surface area contributed by atoms with Gasteiger partial charge in [-0.15, -0.1) is 11.3 Å². The monoisotopic (exact) mass is 303 g/mol. The van der Waals surface area contributed by atoms with E-state index in [0.717, 1.165) is 38.0 Å². The van der Waals surface area contributed by atoms with E-state index in [0.29, 0.717) is 5.56 Å². The summed E-state index contributed by atoms with van der Waals surface area (Å²) in [4.78, 5) is 14.8. The molecule has 0 fully saturated rings. The van der Waals surface area contributed by atoms with Gasteiger partial charge in [0.15, 0.2) is 0 Å². The average molecular weight is 303 g/mol. The van der Waals surface area contributed by atoms with E-state index in [1.807, 2.05) is 12.1 Å². The largest absolute Gasteiger partial charge is 0.478 e. The van der Waals surface area contributed by atoms with Crippen molar-refractivity contribution in [2.24, 2.45) is 0 Å². The minimum atomic E-state index is -0.863. The lowest BCUT2D eigenvalue weighted by molar-refractivity contribution is 0.0696. The SMILES string of the molecule is CCCN(CCc1cccs1)Cc1cccc(C(=O)O)c1. The van der Waals surface area contributed by atoms with Gasteiger partial charge in [0.05, 0.1) is 5.56 Å². The molecule has 0 atom stereocenters. The average Bonchev–Trinajstić information content (AvgIpc) is 2.98. The molecule has 0 bridgehead atoms. The van der Waals surface area contributed by atoms with Gasteiger partial charge in [-0.05, 0) is 48.5 Å². The van der Waals surface area contributed by atoms with Crippen LogP contribution in [0.25, 0.3) is 0 Å². The normalized spacial score (nSPS) is 11.0. The lowest BCUT2D eigenvalue weighted by Crippen LogP contribution is -2.26. The molecule has 0 radical (unpaired) electrons. The van der Waals surface area contributed by atoms with Crippen LogP contribution in [0.3, 0.4) is 0 Å². The second kappa shape index (κ2) is 7.96. The fourth-order valence-corrected chi connectivity index (χ4v) is 3.07. The van der Waals surface area contributed by atoms with Crippen molar-refractivity contribution in [1.29, 1.82) is 0 Å². The number of hydrogen-bond donors (Lipinski definition) is 1. The Morgan fingerprint density at radius 3 is 2.76 bits per heavy atom. The highest BCUT2D eigenvalue weighted by atomic mass is 32.1. The summed E-state index contributed by atoms with van der Waals surface area (Å²) in [5.41, 5.74) is 1.43. The second-order valence-electron chi connectivity index (χ2n) is 5.11. The van der Waals surface area contributed by atoms with Crippen LogP contribution in [0.4, 0.5) is 0 Å². The number of nitrogens with zero attached hydrogens (tertiary/aromatic N) is 1. The van der Waals surface area contributed by atoms with Crippen LogP contribution in [0, 0.1) is 0 Å². The van der Waals surface area contributed by atoms with E-state index in [2.05, 4.69) is 29.3 Å². The Labute approximate surface area is 129 Å². The first-order chi connectivity index (χ1) is 10.2. The molecule has 21 heavy (non-hydrogen) atoms. The topological polar surface area (TPSA) is 40.5 Å². The summed E-state index contributed by atoms with van der Waals surface area (Å²) in [6.45, 7) is 5.01. The Morgan fingerprint density at radius 2 is 2.10 bits per heavy atom. The number of hydrogen-bond acceptors (Lipinski definition) is 3. The van der Waals surface area contributed by atoms with Crippen LogP contribution in [0.1, 0.15) is 34.1 Å². The van der Waals surface area contributed by atoms with Crippen molar-refractivity contribution in [3.05, 3.63) is 57.8 Å². The van der Waals surface area contributed by atoms with Gasteiger partial charge in [0.25, 0.3) is 0 Å². The van der Waals surface area contributed by atoms with Crippen LogP contribution in [0.15, 0.2) is 41.8 Å². The maximum atomic E-state index is 11.0. The van der Waals surface area contributed by atoms with Crippen molar-refractivity contribution in [2.45, 2.75) is 26.3 Å². The van der Waals surface area contributed by atoms with Crippen molar-refractivity contribution in [3.63, 3.8) is 0 Å². The van der Waals surface area contributed by atoms with Crippen molar-refractivity contribution in [3.8, 4) is 0 Å². The molecule has 112 valence electrons. The maximum Gasteiger partial charge on any atom is 0.335 e. The standard InChI is InChI=1S/C17H21NO2S/c1-2-9-18(10-8-16-7-4-11-21-16)13-14-5-3-6-15(12-14)17(19)20/h3-7,11-12H,2,8-10,13H2,1H3,(H,19,20). The summed E-state index contributed by atoms with van der Waals surface area (Å²) in [6, 6.07) is 11.5. The highest BCUT2D eigenvalue weighted by Gasteiger charge is 2.08. The first kappa shape index (κ1) is 15.7. The Morgan fingerprint density at radius 1 is 1.24 bits per heavy atom. The van der Waals surface area contributed by atoms with E-state index >= 15 is 0 Å². The molecule has 0 unspecified atom stereocenters. The Hall–Kier alpha value is -1.65. The van der Waals surface area contributed by atoms with Gasteiger partial charge in [-0.1, -0.05) is 25.1 Å². The van der Waals surface area contributed by atoms with Gasteiger partial charge in [0, 0.05) is 18.0 Å². The van der Waals surface area contributed by atoms with Gasteiger partial charge in [0.2, 0.25) is 0 Å². The Bertz CT molecular complexity index is 566. The van der Waals surface area contributed by atoms with Crippen LogP contribution in [0.5, 0.6) is 0 Å². The molecular weight excluding hydrogens is 282 g/mol. The first-order valence-corrected chi connectivity index (χ1v) is 8.14. The van der Waals surface area contributed by atoms with Crippen molar-refractivity contribution >= 4 is 17.3 Å². The van der Waals surface area contributed by atoms with Gasteiger partial charge in [-0.3, -0.25) is 4.90 Å². The molecule has 0 aliphatic heterocycles. The Balaban J connectivity index is 1.98. The van der Waals surface area contributed by atoms with E-state index in [-0.39, 0.29) is 0 Å². The molecule has 2 aromatic rings. The summed E-state index contributed by atoms with van der Waals surface area (Å²) in [7, 11) is 0. The number of carboxylic acid groups (broad SMARTS) is 1. The molecule has 0 spiro atoms. The molecule has 1 aromatic carbocycles. The van der Waals surface area contributed by atoms with Crippen LogP contribution < -0.4 is 0 Å². The molecule has 1 aromatic heterocycles. The van der Waals surface area contributed by atoms with Crippen LogP contribution in [-0.2, 0) is 13.0 Å². The van der Waals surface area contributed by atoms with Crippen LogP contribution in [-0.4, -0.2) is 29.1 Å². The van der Waals surface area contributed by atoms with Crippen molar-refractivity contribution in [1.82, 2.24) is 4.90 Å². The molecule has 0 saturated carbocycles. The third-order valence-electron chi connectivity index (χ3n) is 3.37. The van der Waals surface area contributed by atoms with E-state index in [1.165, 1.54) is 4.88 Å². The van der Waals surface area contributed by atoms with Gasteiger partial charge < -0.3 is 5.11 Å². The fourth-order valence-electron chi connectivity index (χ4n) is 2.37. The highest BCUT2D eigenvalue weighted by Crippen LogP contribution is 2.13. The van der Waals surface area contributed by atoms with Gasteiger partial charge in [-0.2, -0.15) is 0 Å². The molecule has 2 rings (SSSR count). The van der Waals surface area contributed by atoms with Crippen molar-refractivity contribution in [2.75, 3.05) is 13.1 Å². The van der Waals surface area contributed by atoms with Gasteiger partial charge in [-0.25, -0.2) is 4.79 Å². The van der Waals surface area contributed by atoms with E-state index < -0.39 is 5.97 Å². The zero-order valence-electron chi connectivity index (χ0n) is 12.3. The molecule has 0 amide bonds. The summed E-state index contributed by atoms with van der Waals surface area (Å²) >= 11 is 1.79. The summed E-state index contributed by atoms with van der Waals surface area (Å²) in [5, 5.41) is 11.2. The summed E-state index contributed by atoms with van der Waals surface area (Å²) in [5.74, 6) is -0.863. The number of carbonyl (C=O) groups is 1. The van der Waals surface area contributed by atoms with Crippen LogP contribution in [0.2, 0.25) is 0 Å². The quantitative estimate of drug-likeness (QED) is 0.804. The molecular formula is C17H21NO2S. The van der Waals surface area contributed by atoms with E-state index in [1.54, 1.807) is 23.5 Å². The van der Waals surface area contributed by atoms with Gasteiger partial charge >= 0.3 is 5.97 Å². The third-order valence-corrected chi connectivity index (χ3v) is 4.31. The molecule has 3 nitrogen and oxygen atoms in total. The molecule has 1 heterocycles. The summed E-state index contributed by atoms with van der Waals surface area (Å²) in [6.07, 6.45) is 2.15. The fraction of sp³-hybridized carbons (Fsp3) is 0.353. The van der Waals surface area contributed by atoms with E-state index in [4.69, 9.17) is 5.11 Å². The number of aromatic carboxylic acids is 1. The first-order valence-electron chi connectivity index (χ1n) is 7.26. The highest BCUT2D eigenvalue weighted by molar-refractivity contribution is 7.09. The van der Waals surface area contributed by atoms with Gasteiger partial charge in [0.1, 0.15) is 0 Å². The smallest absolute Gasteiger partial charge is 0.335 e. The predicted molar refractivity (Wildman–Crippen MR) is 87.0 cm³/mol. The number of carboxylic acids is 1.